The van der Waals surface area contributed by atoms with Crippen molar-refractivity contribution in [2.75, 3.05) is 11.9 Å². The minimum atomic E-state index is -5.98. The van der Waals surface area contributed by atoms with Gasteiger partial charge in [-0.1, -0.05) is 0 Å². The Labute approximate surface area is 166 Å². The molecule has 0 fully saturated rings. The molecule has 0 aliphatic heterocycles. The maximum absolute atomic E-state index is 13.7. The van der Waals surface area contributed by atoms with E-state index in [0.29, 0.717) is 0 Å². The summed E-state index contributed by atoms with van der Waals surface area (Å²) in [6.45, 7) is 1.56. The smallest absolute Gasteiger partial charge is 0.439 e. The number of anilines is 1. The molecule has 0 atom stereocenters. The predicted molar refractivity (Wildman–Crippen MR) is 92.6 cm³/mol. The highest BCUT2D eigenvalue weighted by atomic mass is 19.4. The van der Waals surface area contributed by atoms with Gasteiger partial charge in [0.05, 0.1) is 17.7 Å². The van der Waals surface area contributed by atoms with Gasteiger partial charge in [-0.2, -0.15) is 26.3 Å². The van der Waals surface area contributed by atoms with E-state index in [1.807, 2.05) is 0 Å². The molecule has 2 rings (SSSR count). The molecule has 0 spiro atoms. The number of pyridine rings is 1. The molecule has 2 N–H and O–H groups in total. The molecule has 1 aromatic carbocycles. The van der Waals surface area contributed by atoms with Crippen LogP contribution in [-0.2, 0) is 4.74 Å². The summed E-state index contributed by atoms with van der Waals surface area (Å²) in [6.07, 6.45) is -9.95. The number of nitrogens with zero attached hydrogens (tertiary/aromatic N) is 1. The average molecular weight is 435 g/mol. The van der Waals surface area contributed by atoms with E-state index in [9.17, 15) is 35.9 Å². The molecule has 1 amide bonds. The van der Waals surface area contributed by atoms with Gasteiger partial charge in [0, 0.05) is 18.1 Å². The molecule has 1 heterocycles. The Morgan fingerprint density at radius 2 is 1.57 bits per heavy atom. The quantitative estimate of drug-likeness (QED) is 0.409. The zero-order chi connectivity index (χ0) is 22.6. The highest BCUT2D eigenvalue weighted by Crippen LogP contribution is 2.43. The van der Waals surface area contributed by atoms with Gasteiger partial charge in [-0.3, -0.25) is 9.78 Å². The van der Waals surface area contributed by atoms with E-state index in [4.69, 9.17) is 4.74 Å². The van der Waals surface area contributed by atoms with Crippen LogP contribution in [0.2, 0.25) is 0 Å². The summed E-state index contributed by atoms with van der Waals surface area (Å²) in [5.41, 5.74) is -6.04. The van der Waals surface area contributed by atoms with Crippen LogP contribution in [0.3, 0.4) is 0 Å². The molecule has 0 saturated carbocycles. The van der Waals surface area contributed by atoms with Crippen LogP contribution in [0.4, 0.5) is 32.0 Å². The zero-order valence-electron chi connectivity index (χ0n) is 15.3. The molecule has 6 nitrogen and oxygen atoms in total. The fraction of sp³-hybridized carbons (Fsp3) is 0.278. The molecule has 162 valence electrons. The van der Waals surface area contributed by atoms with Crippen molar-refractivity contribution in [1.82, 2.24) is 10.3 Å². The Balaban J connectivity index is 2.43. The van der Waals surface area contributed by atoms with Crippen LogP contribution in [0.5, 0.6) is 0 Å². The first-order valence-electron chi connectivity index (χ1n) is 8.32. The fourth-order valence-corrected chi connectivity index (χ4v) is 2.34. The minimum absolute atomic E-state index is 0.0322. The highest BCUT2D eigenvalue weighted by molar-refractivity contribution is 5.94. The third-order valence-corrected chi connectivity index (χ3v) is 3.80. The molecule has 30 heavy (non-hydrogen) atoms. The maximum atomic E-state index is 13.7. The number of alkyl halides is 6. The normalized spacial score (nSPS) is 12.2. The number of hydrogen-bond donors (Lipinski definition) is 2. The number of ether oxygens (including phenoxy) is 1. The lowest BCUT2D eigenvalue weighted by Gasteiger charge is -2.39. The number of nitrogens with one attached hydrogen (secondary N) is 2. The van der Waals surface area contributed by atoms with Crippen molar-refractivity contribution in [3.63, 3.8) is 0 Å². The van der Waals surface area contributed by atoms with Gasteiger partial charge in [0.1, 0.15) is 0 Å². The van der Waals surface area contributed by atoms with Gasteiger partial charge >= 0.3 is 24.0 Å². The molecule has 1 aromatic heterocycles. The third kappa shape index (κ3) is 4.81. The van der Waals surface area contributed by atoms with Crippen molar-refractivity contribution in [3.05, 3.63) is 59.9 Å². The molecule has 0 aliphatic rings. The molecule has 0 bridgehead atoms. The first-order chi connectivity index (χ1) is 13.9. The Hall–Kier alpha value is -3.31. The molecular weight excluding hydrogens is 420 g/mol. The monoisotopic (exact) mass is 435 g/mol. The second-order valence-corrected chi connectivity index (χ2v) is 5.86. The van der Waals surface area contributed by atoms with E-state index in [0.717, 1.165) is 41.8 Å². The summed E-state index contributed by atoms with van der Waals surface area (Å²) in [5, 5.41) is 2.32. The standard InChI is InChI=1S/C18H15F6N3O3/c1-2-30-15(29)11-5-7-13(8-6-11)26-16(17(19,20)21,18(22,23)24)27-14(28)12-4-3-9-25-10-12/h3-10,26H,2H2,1H3,(H,27,28). The summed E-state index contributed by atoms with van der Waals surface area (Å²) in [4.78, 5) is 27.2. The lowest BCUT2D eigenvalue weighted by atomic mass is 10.1. The summed E-state index contributed by atoms with van der Waals surface area (Å²) in [6, 6.07) is 5.82. The first kappa shape index (κ1) is 23.0. The number of benzene rings is 1. The topological polar surface area (TPSA) is 80.3 Å². The van der Waals surface area contributed by atoms with Gasteiger partial charge in [0.2, 0.25) is 0 Å². The summed E-state index contributed by atoms with van der Waals surface area (Å²) < 4.78 is 86.6. The second kappa shape index (κ2) is 8.59. The molecule has 0 unspecified atom stereocenters. The van der Waals surface area contributed by atoms with Crippen LogP contribution in [0, 0.1) is 0 Å². The largest absolute Gasteiger partial charge is 0.462 e. The Morgan fingerprint density at radius 1 is 0.967 bits per heavy atom. The predicted octanol–water partition coefficient (Wildman–Crippen LogP) is 3.92. The molecule has 0 aliphatic carbocycles. The summed E-state index contributed by atoms with van der Waals surface area (Å²) in [7, 11) is 0. The van der Waals surface area contributed by atoms with E-state index in [1.165, 1.54) is 24.5 Å². The summed E-state index contributed by atoms with van der Waals surface area (Å²) in [5.74, 6) is -2.44. The Kier molecular flexibility index (Phi) is 6.58. The number of rotatable bonds is 6. The van der Waals surface area contributed by atoms with Gasteiger partial charge in [-0.05, 0) is 43.3 Å². The third-order valence-electron chi connectivity index (χ3n) is 3.80. The number of carbonyl (C=O) groups is 2. The van der Waals surface area contributed by atoms with Crippen molar-refractivity contribution in [3.8, 4) is 0 Å². The Morgan fingerprint density at radius 3 is 2.03 bits per heavy atom. The van der Waals surface area contributed by atoms with Crippen molar-refractivity contribution >= 4 is 17.6 Å². The van der Waals surface area contributed by atoms with E-state index < -0.39 is 41.1 Å². The SMILES string of the molecule is CCOC(=O)c1ccc(NC(NC(=O)c2cccnc2)(C(F)(F)F)C(F)(F)F)cc1. The number of halogens is 6. The van der Waals surface area contributed by atoms with Crippen LogP contribution in [0.25, 0.3) is 0 Å². The molecular formula is C18H15F6N3O3. The second-order valence-electron chi connectivity index (χ2n) is 5.86. The Bertz CT molecular complexity index is 869. The van der Waals surface area contributed by atoms with Gasteiger partial charge in [-0.15, -0.1) is 0 Å². The number of esters is 1. The van der Waals surface area contributed by atoms with Crippen LogP contribution >= 0.6 is 0 Å². The minimum Gasteiger partial charge on any atom is -0.462 e. The van der Waals surface area contributed by atoms with E-state index in [2.05, 4.69) is 4.98 Å². The molecule has 0 saturated heterocycles. The first-order valence-corrected chi connectivity index (χ1v) is 8.32. The van der Waals surface area contributed by atoms with Crippen LogP contribution in [-0.4, -0.2) is 41.5 Å². The highest BCUT2D eigenvalue weighted by Gasteiger charge is 2.72. The van der Waals surface area contributed by atoms with Crippen molar-refractivity contribution in [2.45, 2.75) is 24.9 Å². The van der Waals surface area contributed by atoms with E-state index >= 15 is 0 Å². The molecule has 0 radical (unpaired) electrons. The van der Waals surface area contributed by atoms with Gasteiger partial charge < -0.3 is 15.4 Å². The lowest BCUT2D eigenvalue weighted by molar-refractivity contribution is -0.294. The van der Waals surface area contributed by atoms with Crippen molar-refractivity contribution in [2.24, 2.45) is 0 Å². The zero-order valence-corrected chi connectivity index (χ0v) is 15.3. The van der Waals surface area contributed by atoms with Crippen LogP contribution < -0.4 is 10.6 Å². The van der Waals surface area contributed by atoms with E-state index in [-0.39, 0.29) is 12.2 Å². The molecule has 12 heteroatoms. The van der Waals surface area contributed by atoms with Gasteiger partial charge in [-0.25, -0.2) is 4.79 Å². The lowest BCUT2D eigenvalue weighted by Crippen LogP contribution is -2.72. The van der Waals surface area contributed by atoms with Gasteiger partial charge in [0.25, 0.3) is 5.91 Å². The maximum Gasteiger partial charge on any atom is 0.439 e. The molecule has 2 aromatic rings. The number of amides is 1. The summed E-state index contributed by atoms with van der Waals surface area (Å²) >= 11 is 0. The van der Waals surface area contributed by atoms with Crippen molar-refractivity contribution < 1.29 is 40.7 Å². The van der Waals surface area contributed by atoms with Crippen LogP contribution in [0.15, 0.2) is 48.8 Å². The van der Waals surface area contributed by atoms with Crippen LogP contribution in [0.1, 0.15) is 27.6 Å². The average Bonchev–Trinajstić information content (AvgIpc) is 2.67. The number of hydrogen-bond acceptors (Lipinski definition) is 5. The van der Waals surface area contributed by atoms with Gasteiger partial charge in [0.15, 0.2) is 0 Å². The van der Waals surface area contributed by atoms with E-state index in [1.54, 1.807) is 0 Å². The number of carbonyl (C=O) groups excluding carboxylic acids is 2. The number of aromatic nitrogens is 1. The van der Waals surface area contributed by atoms with Crippen molar-refractivity contribution in [1.29, 1.82) is 0 Å². The fourth-order valence-electron chi connectivity index (χ4n) is 2.34.